The smallest absolute Gasteiger partial charge is 0.326 e. The summed E-state index contributed by atoms with van der Waals surface area (Å²) in [5, 5.41) is 11.6. The number of aliphatic carboxylic acids is 1. The van der Waals surface area contributed by atoms with Crippen molar-refractivity contribution in [2.24, 2.45) is 0 Å². The number of carbonyl (C=O) groups excluding carboxylic acids is 2. The molecule has 9 heteroatoms. The molecule has 1 aliphatic rings. The third kappa shape index (κ3) is 3.94. The minimum atomic E-state index is -1.05. The average molecular weight is 355 g/mol. The molecule has 3 heterocycles. The lowest BCUT2D eigenvalue weighted by molar-refractivity contribution is -0.137. The second kappa shape index (κ2) is 7.60. The molecule has 3 rings (SSSR count). The Morgan fingerprint density at radius 3 is 2.69 bits per heavy atom. The van der Waals surface area contributed by atoms with Gasteiger partial charge in [0.25, 0.3) is 5.91 Å². The lowest BCUT2D eigenvalue weighted by Crippen LogP contribution is -2.35. The average Bonchev–Trinajstić information content (AvgIpc) is 3.01. The van der Waals surface area contributed by atoms with Gasteiger partial charge in [-0.3, -0.25) is 19.5 Å². The van der Waals surface area contributed by atoms with E-state index >= 15 is 0 Å². The number of amides is 3. The third-order valence-corrected chi connectivity index (χ3v) is 3.88. The van der Waals surface area contributed by atoms with Crippen LogP contribution in [0.2, 0.25) is 0 Å². The van der Waals surface area contributed by atoms with Crippen LogP contribution in [0.15, 0.2) is 42.9 Å². The molecular formula is C17H17N5O4. The summed E-state index contributed by atoms with van der Waals surface area (Å²) in [6, 6.07) is 6.42. The fraction of sp³-hybridized carbons (Fsp3) is 0.235. The van der Waals surface area contributed by atoms with Gasteiger partial charge in [0.05, 0.1) is 5.56 Å². The summed E-state index contributed by atoms with van der Waals surface area (Å²) < 4.78 is 0. The molecule has 0 radical (unpaired) electrons. The highest BCUT2D eigenvalue weighted by Gasteiger charge is 2.31. The molecule has 2 aromatic heterocycles. The first-order chi connectivity index (χ1) is 12.5. The van der Waals surface area contributed by atoms with Crippen LogP contribution >= 0.6 is 0 Å². The number of aromatic nitrogens is 2. The number of carbonyl (C=O) groups is 3. The van der Waals surface area contributed by atoms with Crippen molar-refractivity contribution in [3.05, 3.63) is 54.0 Å². The van der Waals surface area contributed by atoms with E-state index in [1.54, 1.807) is 36.7 Å². The first-order valence-electron chi connectivity index (χ1n) is 7.96. The molecule has 0 aromatic carbocycles. The van der Waals surface area contributed by atoms with Gasteiger partial charge < -0.3 is 15.3 Å². The molecule has 0 aliphatic carbocycles. The molecule has 0 unspecified atom stereocenters. The molecule has 134 valence electrons. The fourth-order valence-corrected chi connectivity index (χ4v) is 2.57. The zero-order valence-electron chi connectivity index (χ0n) is 13.8. The predicted octanol–water partition coefficient (Wildman–Crippen LogP) is 0.733. The number of nitrogens with one attached hydrogen (secondary N) is 1. The molecule has 2 aromatic rings. The number of anilines is 1. The maximum atomic E-state index is 12.2. The maximum absolute atomic E-state index is 12.2. The molecule has 0 atom stereocenters. The van der Waals surface area contributed by atoms with E-state index < -0.39 is 5.97 Å². The monoisotopic (exact) mass is 355 g/mol. The highest BCUT2D eigenvalue weighted by Crippen LogP contribution is 2.18. The van der Waals surface area contributed by atoms with Crippen LogP contribution < -0.4 is 10.2 Å². The molecule has 26 heavy (non-hydrogen) atoms. The van der Waals surface area contributed by atoms with Gasteiger partial charge in [0.15, 0.2) is 0 Å². The lowest BCUT2D eigenvalue weighted by atomic mass is 10.2. The minimum Gasteiger partial charge on any atom is -0.480 e. The Bertz CT molecular complexity index is 810. The highest BCUT2D eigenvalue weighted by molar-refractivity contribution is 5.95. The van der Waals surface area contributed by atoms with Crippen molar-refractivity contribution in [2.75, 3.05) is 24.5 Å². The van der Waals surface area contributed by atoms with Crippen LogP contribution in [0.3, 0.4) is 0 Å². The summed E-state index contributed by atoms with van der Waals surface area (Å²) >= 11 is 0. The molecule has 0 saturated carbocycles. The van der Waals surface area contributed by atoms with E-state index in [1.165, 1.54) is 16.0 Å². The first kappa shape index (κ1) is 17.3. The lowest BCUT2D eigenvalue weighted by Gasteiger charge is -2.16. The van der Waals surface area contributed by atoms with Gasteiger partial charge in [-0.05, 0) is 23.8 Å². The third-order valence-electron chi connectivity index (χ3n) is 3.88. The van der Waals surface area contributed by atoms with E-state index in [0.717, 1.165) is 5.56 Å². The van der Waals surface area contributed by atoms with E-state index in [1.807, 2.05) is 0 Å². The number of urea groups is 1. The first-order valence-corrected chi connectivity index (χ1v) is 7.96. The van der Waals surface area contributed by atoms with Crippen molar-refractivity contribution in [1.29, 1.82) is 0 Å². The quantitative estimate of drug-likeness (QED) is 0.789. The van der Waals surface area contributed by atoms with Gasteiger partial charge in [0.1, 0.15) is 12.4 Å². The van der Waals surface area contributed by atoms with Crippen LogP contribution in [0.1, 0.15) is 15.9 Å². The number of carboxylic acid groups (broad SMARTS) is 1. The number of pyridine rings is 2. The molecule has 1 saturated heterocycles. The number of hydrogen-bond acceptors (Lipinski definition) is 5. The van der Waals surface area contributed by atoms with E-state index in [4.69, 9.17) is 5.11 Å². The van der Waals surface area contributed by atoms with E-state index in [2.05, 4.69) is 15.3 Å². The second-order valence-electron chi connectivity index (χ2n) is 5.70. The van der Waals surface area contributed by atoms with Gasteiger partial charge in [0, 0.05) is 38.2 Å². The zero-order valence-corrected chi connectivity index (χ0v) is 13.8. The van der Waals surface area contributed by atoms with Gasteiger partial charge in [-0.25, -0.2) is 9.78 Å². The Kier molecular flexibility index (Phi) is 5.07. The van der Waals surface area contributed by atoms with Crippen molar-refractivity contribution in [3.63, 3.8) is 0 Å². The standard InChI is InChI=1S/C17H17N5O4/c23-15(24)11-21-6-7-22(17(21)26)14-4-3-12(8-19-14)9-20-16(25)13-2-1-5-18-10-13/h1-5,8,10H,6-7,9,11H2,(H,20,25)(H,23,24). The van der Waals surface area contributed by atoms with Crippen molar-refractivity contribution in [3.8, 4) is 0 Å². The van der Waals surface area contributed by atoms with Gasteiger partial charge in [0.2, 0.25) is 0 Å². The molecule has 3 amide bonds. The number of carboxylic acids is 1. The molecule has 1 fully saturated rings. The molecular weight excluding hydrogens is 338 g/mol. The second-order valence-corrected chi connectivity index (χ2v) is 5.70. The molecule has 0 bridgehead atoms. The molecule has 0 spiro atoms. The van der Waals surface area contributed by atoms with E-state index in [0.29, 0.717) is 31.0 Å². The van der Waals surface area contributed by atoms with Crippen molar-refractivity contribution >= 4 is 23.7 Å². The van der Waals surface area contributed by atoms with Crippen molar-refractivity contribution < 1.29 is 19.5 Å². The summed E-state index contributed by atoms with van der Waals surface area (Å²) in [6.45, 7) is 0.694. The highest BCUT2D eigenvalue weighted by atomic mass is 16.4. The maximum Gasteiger partial charge on any atom is 0.326 e. The number of nitrogens with zero attached hydrogens (tertiary/aromatic N) is 4. The van der Waals surface area contributed by atoms with Crippen LogP contribution in [0.4, 0.5) is 10.6 Å². The predicted molar refractivity (Wildman–Crippen MR) is 91.6 cm³/mol. The Morgan fingerprint density at radius 2 is 2.04 bits per heavy atom. The van der Waals surface area contributed by atoms with Crippen molar-refractivity contribution in [1.82, 2.24) is 20.2 Å². The minimum absolute atomic E-state index is 0.235. The van der Waals surface area contributed by atoms with Crippen LogP contribution in [-0.2, 0) is 11.3 Å². The van der Waals surface area contributed by atoms with Crippen LogP contribution in [0.25, 0.3) is 0 Å². The summed E-state index contributed by atoms with van der Waals surface area (Å²) in [5.41, 5.74) is 1.25. The Labute approximate surface area is 149 Å². The van der Waals surface area contributed by atoms with Crippen LogP contribution in [0, 0.1) is 0 Å². The Morgan fingerprint density at radius 1 is 1.19 bits per heavy atom. The number of rotatable bonds is 6. The Hall–Kier alpha value is -3.49. The molecule has 9 nitrogen and oxygen atoms in total. The number of hydrogen-bond donors (Lipinski definition) is 2. The van der Waals surface area contributed by atoms with Crippen LogP contribution in [-0.4, -0.2) is 57.5 Å². The van der Waals surface area contributed by atoms with Gasteiger partial charge in [-0.2, -0.15) is 0 Å². The molecule has 1 aliphatic heterocycles. The zero-order chi connectivity index (χ0) is 18.5. The van der Waals surface area contributed by atoms with Gasteiger partial charge in [-0.1, -0.05) is 6.07 Å². The topological polar surface area (TPSA) is 116 Å². The molecule has 2 N–H and O–H groups in total. The van der Waals surface area contributed by atoms with Crippen LogP contribution in [0.5, 0.6) is 0 Å². The Balaban J connectivity index is 1.58. The summed E-state index contributed by atoms with van der Waals surface area (Å²) in [6.07, 6.45) is 4.65. The summed E-state index contributed by atoms with van der Waals surface area (Å²) in [7, 11) is 0. The SMILES string of the molecule is O=C(O)CN1CCN(c2ccc(CNC(=O)c3cccnc3)cn2)C1=O. The summed E-state index contributed by atoms with van der Waals surface area (Å²) in [5.74, 6) is -0.834. The van der Waals surface area contributed by atoms with Gasteiger partial charge in [-0.15, -0.1) is 0 Å². The normalized spacial score (nSPS) is 13.8. The van der Waals surface area contributed by atoms with Crippen molar-refractivity contribution in [2.45, 2.75) is 6.54 Å². The fourth-order valence-electron chi connectivity index (χ4n) is 2.57. The van der Waals surface area contributed by atoms with Gasteiger partial charge >= 0.3 is 12.0 Å². The largest absolute Gasteiger partial charge is 0.480 e. The van der Waals surface area contributed by atoms with E-state index in [-0.39, 0.29) is 18.5 Å². The van der Waals surface area contributed by atoms with E-state index in [9.17, 15) is 14.4 Å². The summed E-state index contributed by atoms with van der Waals surface area (Å²) in [4.78, 5) is 45.7.